The molecule has 0 aliphatic carbocycles. The quantitative estimate of drug-likeness (QED) is 0.648. The number of likely N-dealkylation sites (N-methyl/N-ethyl adjacent to an activating group) is 1. The van der Waals surface area contributed by atoms with Crippen molar-refractivity contribution in [1.29, 1.82) is 0 Å². The van der Waals surface area contributed by atoms with E-state index in [1.165, 1.54) is 7.11 Å². The first-order valence-corrected chi connectivity index (χ1v) is 8.37. The molecule has 21 heavy (non-hydrogen) atoms. The number of benzene rings is 2. The Morgan fingerprint density at radius 1 is 1.33 bits per heavy atom. The van der Waals surface area contributed by atoms with Crippen molar-refractivity contribution in [2.45, 2.75) is 12.5 Å². The summed E-state index contributed by atoms with van der Waals surface area (Å²) in [6, 6.07) is 11.4. The molecule has 5 heteroatoms. The maximum absolute atomic E-state index is 14.3. The smallest absolute Gasteiger partial charge is 0.168 e. The van der Waals surface area contributed by atoms with Crippen LogP contribution in [-0.2, 0) is 6.42 Å². The molecule has 0 fully saturated rings. The van der Waals surface area contributed by atoms with Crippen molar-refractivity contribution in [3.05, 3.63) is 61.4 Å². The number of rotatable bonds is 5. The van der Waals surface area contributed by atoms with Crippen LogP contribution in [0.5, 0.6) is 5.75 Å². The van der Waals surface area contributed by atoms with E-state index in [9.17, 15) is 4.39 Å². The van der Waals surface area contributed by atoms with Gasteiger partial charge in [0, 0.05) is 14.1 Å². The lowest BCUT2D eigenvalue weighted by molar-refractivity contribution is 0.383. The van der Waals surface area contributed by atoms with Crippen LogP contribution in [0.4, 0.5) is 4.39 Å². The molecule has 2 aromatic carbocycles. The Hall–Kier alpha value is -0.660. The number of hydrogen-bond donors (Lipinski definition) is 1. The van der Waals surface area contributed by atoms with E-state index in [4.69, 9.17) is 4.74 Å². The van der Waals surface area contributed by atoms with Crippen LogP contribution in [0.1, 0.15) is 17.2 Å². The van der Waals surface area contributed by atoms with Crippen LogP contribution in [0.15, 0.2) is 40.9 Å². The summed E-state index contributed by atoms with van der Waals surface area (Å²) in [7, 11) is 3.37. The molecule has 1 unspecified atom stereocenters. The summed E-state index contributed by atoms with van der Waals surface area (Å²) in [4.78, 5) is 0. The Kier molecular flexibility index (Phi) is 6.01. The van der Waals surface area contributed by atoms with E-state index in [0.717, 1.165) is 13.6 Å². The summed E-state index contributed by atoms with van der Waals surface area (Å²) in [5, 5.41) is 3.27. The highest BCUT2D eigenvalue weighted by Gasteiger charge is 2.17. The molecule has 1 N–H and O–H groups in total. The van der Waals surface area contributed by atoms with Crippen LogP contribution in [0, 0.1) is 9.39 Å². The molecule has 0 heterocycles. The first-order valence-electron chi connectivity index (χ1n) is 6.50. The lowest BCUT2D eigenvalue weighted by atomic mass is 9.98. The molecular weight excluding hydrogens is 448 g/mol. The molecule has 2 aromatic rings. The molecule has 2 rings (SSSR count). The van der Waals surface area contributed by atoms with Gasteiger partial charge < -0.3 is 10.1 Å². The molecule has 112 valence electrons. The Morgan fingerprint density at radius 3 is 2.76 bits per heavy atom. The van der Waals surface area contributed by atoms with Gasteiger partial charge in [-0.3, -0.25) is 0 Å². The van der Waals surface area contributed by atoms with Gasteiger partial charge in [0.15, 0.2) is 11.6 Å². The molecule has 0 aliphatic rings. The fourth-order valence-corrected chi connectivity index (χ4v) is 3.33. The van der Waals surface area contributed by atoms with Gasteiger partial charge >= 0.3 is 0 Å². The second-order valence-electron chi connectivity index (χ2n) is 4.64. The zero-order valence-corrected chi connectivity index (χ0v) is 15.5. The van der Waals surface area contributed by atoms with Crippen molar-refractivity contribution in [2.75, 3.05) is 14.2 Å². The normalized spacial score (nSPS) is 12.2. The Morgan fingerprint density at radius 2 is 2.10 bits per heavy atom. The summed E-state index contributed by atoms with van der Waals surface area (Å²) in [6.45, 7) is 0. The molecule has 0 saturated carbocycles. The zero-order valence-electron chi connectivity index (χ0n) is 11.8. The minimum Gasteiger partial charge on any atom is -0.494 e. The average Bonchev–Trinajstić information content (AvgIpc) is 2.49. The Balaban J connectivity index is 2.33. The maximum atomic E-state index is 14.3. The second kappa shape index (κ2) is 7.56. The van der Waals surface area contributed by atoms with Crippen LogP contribution >= 0.6 is 38.5 Å². The standard InChI is InChI=1S/C16H16BrFINO/c1-20-14(12-9-11(17)6-7-13(12)19)8-10-4-3-5-15(21-2)16(10)18/h3-7,9,14,20H,8H2,1-2H3. The number of hydrogen-bond acceptors (Lipinski definition) is 2. The number of methoxy groups -OCH3 is 1. The maximum Gasteiger partial charge on any atom is 0.168 e. The highest BCUT2D eigenvalue weighted by Crippen LogP contribution is 2.29. The topological polar surface area (TPSA) is 21.3 Å². The summed E-state index contributed by atoms with van der Waals surface area (Å²) >= 11 is 5.79. The molecule has 2 nitrogen and oxygen atoms in total. The average molecular weight is 464 g/mol. The van der Waals surface area contributed by atoms with Gasteiger partial charge in [-0.05, 0) is 71.5 Å². The monoisotopic (exact) mass is 463 g/mol. The van der Waals surface area contributed by atoms with E-state index in [2.05, 4.69) is 49.9 Å². The van der Waals surface area contributed by atoms with E-state index in [-0.39, 0.29) is 17.6 Å². The zero-order chi connectivity index (χ0) is 15.4. The summed E-state index contributed by atoms with van der Waals surface area (Å²) < 4.78 is 21.5. The minimum absolute atomic E-state index is 0.0380. The van der Waals surface area contributed by atoms with Gasteiger partial charge in [-0.2, -0.15) is 0 Å². The third-order valence-electron chi connectivity index (χ3n) is 3.37. The predicted octanol–water partition coefficient (Wildman–Crippen LogP) is 4.70. The second-order valence-corrected chi connectivity index (χ2v) is 6.72. The van der Waals surface area contributed by atoms with Crippen molar-refractivity contribution < 1.29 is 9.13 Å². The van der Waals surface area contributed by atoms with Crippen molar-refractivity contribution in [3.8, 4) is 5.75 Å². The van der Waals surface area contributed by atoms with E-state index in [0.29, 0.717) is 12.0 Å². The number of ether oxygens (including phenoxy) is 1. The van der Waals surface area contributed by atoms with Gasteiger partial charge in [-0.25, -0.2) is 4.39 Å². The van der Waals surface area contributed by atoms with Gasteiger partial charge in [-0.15, -0.1) is 0 Å². The lowest BCUT2D eigenvalue weighted by Gasteiger charge is -2.19. The summed E-state index contributed by atoms with van der Waals surface area (Å²) in [5.74, 6) is -0.00320. The predicted molar refractivity (Wildman–Crippen MR) is 95.3 cm³/mol. The minimum atomic E-state index is -0.287. The number of nitrogens with one attached hydrogen (secondary N) is 1. The van der Waals surface area contributed by atoms with Gasteiger partial charge in [0.25, 0.3) is 0 Å². The van der Waals surface area contributed by atoms with Gasteiger partial charge in [0.05, 0.1) is 7.11 Å². The van der Waals surface area contributed by atoms with Crippen LogP contribution in [0.2, 0.25) is 0 Å². The van der Waals surface area contributed by atoms with Crippen molar-refractivity contribution in [3.63, 3.8) is 0 Å². The molecular formula is C16H16BrFINO. The van der Waals surface area contributed by atoms with E-state index >= 15 is 0 Å². The molecule has 0 saturated heterocycles. The van der Waals surface area contributed by atoms with E-state index in [1.54, 1.807) is 12.1 Å². The molecule has 0 spiro atoms. The van der Waals surface area contributed by atoms with Gasteiger partial charge in [0.2, 0.25) is 0 Å². The fraction of sp³-hybridized carbons (Fsp3) is 0.250. The van der Waals surface area contributed by atoms with E-state index < -0.39 is 0 Å². The Labute approximate surface area is 146 Å². The van der Waals surface area contributed by atoms with Crippen LogP contribution in [0.25, 0.3) is 0 Å². The van der Waals surface area contributed by atoms with Crippen molar-refractivity contribution >= 4 is 38.5 Å². The highest BCUT2D eigenvalue weighted by atomic mass is 127. The molecule has 0 aliphatic heterocycles. The lowest BCUT2D eigenvalue weighted by Crippen LogP contribution is -2.20. The molecule has 0 bridgehead atoms. The van der Waals surface area contributed by atoms with Crippen molar-refractivity contribution in [1.82, 2.24) is 5.32 Å². The fourth-order valence-electron chi connectivity index (χ4n) is 2.24. The summed E-state index contributed by atoms with van der Waals surface area (Å²) in [6.07, 6.45) is 0.561. The number of halogens is 3. The summed E-state index contributed by atoms with van der Waals surface area (Å²) in [5.41, 5.74) is 1.79. The van der Waals surface area contributed by atoms with Gasteiger partial charge in [0.1, 0.15) is 0 Å². The first-order chi connectivity index (χ1) is 10.1. The molecule has 0 amide bonds. The van der Waals surface area contributed by atoms with E-state index in [1.807, 2.05) is 25.2 Å². The third kappa shape index (κ3) is 3.96. The third-order valence-corrected chi connectivity index (χ3v) is 4.84. The van der Waals surface area contributed by atoms with Crippen LogP contribution < -0.4 is 10.1 Å². The highest BCUT2D eigenvalue weighted by molar-refractivity contribution is 14.1. The first kappa shape index (κ1) is 16.7. The Bertz CT molecular complexity index is 636. The van der Waals surface area contributed by atoms with Crippen LogP contribution in [-0.4, -0.2) is 14.2 Å². The largest absolute Gasteiger partial charge is 0.494 e. The van der Waals surface area contributed by atoms with Gasteiger partial charge in [-0.1, -0.05) is 28.1 Å². The molecule has 0 radical (unpaired) electrons. The SMILES string of the molecule is CNC(Cc1cccc(OC)c1F)c1cc(Br)ccc1I. The van der Waals surface area contributed by atoms with Crippen LogP contribution in [0.3, 0.4) is 0 Å². The van der Waals surface area contributed by atoms with Crippen molar-refractivity contribution in [2.24, 2.45) is 0 Å². The molecule has 1 atom stereocenters. The molecule has 0 aromatic heterocycles.